The molecule has 0 amide bonds. The summed E-state index contributed by atoms with van der Waals surface area (Å²) in [6, 6.07) is 12.0. The van der Waals surface area contributed by atoms with Crippen molar-refractivity contribution in [1.82, 2.24) is 0 Å². The number of aryl methyl sites for hydroxylation is 1. The van der Waals surface area contributed by atoms with Crippen LogP contribution in [0.5, 0.6) is 5.75 Å². The number of rotatable bonds is 12. The second-order valence-corrected chi connectivity index (χ2v) is 7.06. The zero-order chi connectivity index (χ0) is 17.0. The van der Waals surface area contributed by atoms with Crippen molar-refractivity contribution in [2.75, 3.05) is 0 Å². The zero-order valence-electron chi connectivity index (χ0n) is 15.4. The van der Waals surface area contributed by atoms with Crippen LogP contribution in [0.2, 0.25) is 0 Å². The molecule has 0 saturated heterocycles. The number of hydrogen-bond donors (Lipinski definition) is 0. The van der Waals surface area contributed by atoms with Gasteiger partial charge in [0.05, 0.1) is 0 Å². The van der Waals surface area contributed by atoms with Gasteiger partial charge < -0.3 is 0 Å². The maximum absolute atomic E-state index is 12.4. The van der Waals surface area contributed by atoms with E-state index >= 15 is 0 Å². The molecule has 0 heterocycles. The van der Waals surface area contributed by atoms with Crippen molar-refractivity contribution in [1.29, 1.82) is 0 Å². The van der Waals surface area contributed by atoms with Crippen LogP contribution in [0.4, 0.5) is 0 Å². The van der Waals surface area contributed by atoms with Crippen molar-refractivity contribution in [3.8, 4) is 5.75 Å². The largest absolute Gasteiger partial charge is 0.289 e. The Hall–Kier alpha value is -1.50. The number of fused-ring (bicyclic) bond motifs is 1. The molecule has 2 aromatic carbocycles. The summed E-state index contributed by atoms with van der Waals surface area (Å²) in [5.41, 5.74) is 0.990. The zero-order valence-corrected chi connectivity index (χ0v) is 15.4. The van der Waals surface area contributed by atoms with Gasteiger partial charge in [0.15, 0.2) is 5.75 Å². The number of hydrogen-bond acceptors (Lipinski definition) is 0. The summed E-state index contributed by atoms with van der Waals surface area (Å²) in [6.45, 7) is 2.27. The third-order valence-electron chi connectivity index (χ3n) is 5.01. The van der Waals surface area contributed by atoms with Crippen LogP contribution in [0.15, 0.2) is 36.4 Å². The van der Waals surface area contributed by atoms with E-state index in [0.717, 1.165) is 29.2 Å². The summed E-state index contributed by atoms with van der Waals surface area (Å²) in [5, 5.41) is 14.4. The highest BCUT2D eigenvalue weighted by Gasteiger charge is 2.07. The van der Waals surface area contributed by atoms with Crippen molar-refractivity contribution in [3.05, 3.63) is 42.0 Å². The summed E-state index contributed by atoms with van der Waals surface area (Å²) in [6.07, 6.45) is 15.8. The Labute approximate surface area is 148 Å². The van der Waals surface area contributed by atoms with E-state index in [9.17, 15) is 5.11 Å². The molecular weight excluding hydrogens is 292 g/mol. The van der Waals surface area contributed by atoms with E-state index in [0.29, 0.717) is 0 Å². The molecule has 2 rings (SSSR count). The maximum atomic E-state index is 12.4. The lowest BCUT2D eigenvalue weighted by molar-refractivity contribution is 0.354. The molecule has 0 atom stereocenters. The Bertz CT molecular complexity index is 588. The Morgan fingerprint density at radius 1 is 0.667 bits per heavy atom. The predicted molar refractivity (Wildman–Crippen MR) is 104 cm³/mol. The molecule has 0 aliphatic carbocycles. The van der Waals surface area contributed by atoms with E-state index < -0.39 is 0 Å². The molecule has 131 valence electrons. The molecule has 0 saturated carbocycles. The highest BCUT2D eigenvalue weighted by molar-refractivity contribution is 5.89. The van der Waals surface area contributed by atoms with Crippen LogP contribution in [0.3, 0.4) is 0 Å². The SMILES string of the molecule is CCCCCCCCCCCCCc1ccc2ccccc2c1[O]. The van der Waals surface area contributed by atoms with E-state index in [1.165, 1.54) is 64.2 Å². The highest BCUT2D eigenvalue weighted by atomic mass is 16.3. The van der Waals surface area contributed by atoms with Gasteiger partial charge in [-0.05, 0) is 18.2 Å². The molecule has 0 unspecified atom stereocenters. The Balaban J connectivity index is 1.57. The second-order valence-electron chi connectivity index (χ2n) is 7.06. The lowest BCUT2D eigenvalue weighted by Gasteiger charge is -2.06. The number of unbranched alkanes of at least 4 members (excludes halogenated alkanes) is 10. The molecule has 1 heteroatoms. The van der Waals surface area contributed by atoms with Crippen molar-refractivity contribution in [2.45, 2.75) is 84.0 Å². The quantitative estimate of drug-likeness (QED) is 0.354. The van der Waals surface area contributed by atoms with Crippen molar-refractivity contribution < 1.29 is 5.11 Å². The third-order valence-corrected chi connectivity index (χ3v) is 5.01. The Kier molecular flexibility index (Phi) is 8.73. The lowest BCUT2D eigenvalue weighted by Crippen LogP contribution is -1.88. The van der Waals surface area contributed by atoms with Crippen LogP contribution in [0.1, 0.15) is 83.1 Å². The minimum Gasteiger partial charge on any atom is -0.289 e. The summed E-state index contributed by atoms with van der Waals surface area (Å²) in [5.74, 6) is 0.236. The fourth-order valence-corrected chi connectivity index (χ4v) is 3.46. The predicted octanol–water partition coefficient (Wildman–Crippen LogP) is 7.84. The molecule has 0 aliphatic heterocycles. The van der Waals surface area contributed by atoms with E-state index in [1.807, 2.05) is 30.3 Å². The molecule has 2 aromatic rings. The van der Waals surface area contributed by atoms with Gasteiger partial charge in [-0.2, -0.15) is 0 Å². The molecule has 24 heavy (non-hydrogen) atoms. The highest BCUT2D eigenvalue weighted by Crippen LogP contribution is 2.30. The van der Waals surface area contributed by atoms with Crippen LogP contribution in [0, 0.1) is 0 Å². The van der Waals surface area contributed by atoms with Crippen LogP contribution in [-0.4, -0.2) is 0 Å². The molecule has 0 aliphatic rings. The average Bonchev–Trinajstić information content (AvgIpc) is 2.61. The van der Waals surface area contributed by atoms with Gasteiger partial charge in [-0.15, -0.1) is 0 Å². The van der Waals surface area contributed by atoms with E-state index in [-0.39, 0.29) is 5.75 Å². The first-order chi connectivity index (χ1) is 11.8. The maximum Gasteiger partial charge on any atom is 0.189 e. The van der Waals surface area contributed by atoms with Gasteiger partial charge in [0, 0.05) is 10.9 Å². The normalized spacial score (nSPS) is 11.2. The molecule has 0 aromatic heterocycles. The molecule has 0 fully saturated rings. The number of benzene rings is 2. The molecule has 1 nitrogen and oxygen atoms in total. The van der Waals surface area contributed by atoms with Crippen LogP contribution in [0.25, 0.3) is 10.8 Å². The van der Waals surface area contributed by atoms with Gasteiger partial charge in [0.2, 0.25) is 0 Å². The first kappa shape index (κ1) is 18.8. The monoisotopic (exact) mass is 325 g/mol. The summed E-state index contributed by atoms with van der Waals surface area (Å²) < 4.78 is 0. The Morgan fingerprint density at radius 2 is 1.25 bits per heavy atom. The van der Waals surface area contributed by atoms with Crippen LogP contribution < -0.4 is 0 Å². The molecule has 0 spiro atoms. The first-order valence-corrected chi connectivity index (χ1v) is 10.0. The second kappa shape index (κ2) is 11.1. The standard InChI is InChI=1S/C23H33O/c1-2-3-4-5-6-7-8-9-10-11-12-16-21-19-18-20-15-13-14-17-22(20)23(21)24/h13-15,17-19H,2-12,16H2,1H3. The third kappa shape index (κ3) is 6.19. The fourth-order valence-electron chi connectivity index (χ4n) is 3.46. The fraction of sp³-hybridized carbons (Fsp3) is 0.565. The molecule has 0 N–H and O–H groups in total. The van der Waals surface area contributed by atoms with Gasteiger partial charge in [0.25, 0.3) is 0 Å². The van der Waals surface area contributed by atoms with Crippen LogP contribution in [-0.2, 0) is 11.5 Å². The van der Waals surface area contributed by atoms with E-state index in [1.54, 1.807) is 0 Å². The van der Waals surface area contributed by atoms with Crippen molar-refractivity contribution >= 4 is 10.8 Å². The Morgan fingerprint density at radius 3 is 1.92 bits per heavy atom. The summed E-state index contributed by atoms with van der Waals surface area (Å²) >= 11 is 0. The first-order valence-electron chi connectivity index (χ1n) is 10.0. The van der Waals surface area contributed by atoms with Gasteiger partial charge in [-0.25, -0.2) is 0 Å². The minimum absolute atomic E-state index is 0.236. The van der Waals surface area contributed by atoms with Crippen LogP contribution >= 0.6 is 0 Å². The minimum atomic E-state index is 0.236. The van der Waals surface area contributed by atoms with Gasteiger partial charge >= 0.3 is 0 Å². The summed E-state index contributed by atoms with van der Waals surface area (Å²) in [4.78, 5) is 0. The molecular formula is C23H33O. The topological polar surface area (TPSA) is 19.9 Å². The van der Waals surface area contributed by atoms with Gasteiger partial charge in [-0.1, -0.05) is 108 Å². The van der Waals surface area contributed by atoms with Gasteiger partial charge in [0.1, 0.15) is 0 Å². The lowest BCUT2D eigenvalue weighted by atomic mass is 10.00. The average molecular weight is 326 g/mol. The van der Waals surface area contributed by atoms with Crippen molar-refractivity contribution in [2.24, 2.45) is 0 Å². The van der Waals surface area contributed by atoms with Crippen molar-refractivity contribution in [3.63, 3.8) is 0 Å². The van der Waals surface area contributed by atoms with E-state index in [2.05, 4.69) is 13.0 Å². The molecule has 0 bridgehead atoms. The van der Waals surface area contributed by atoms with E-state index in [4.69, 9.17) is 0 Å². The van der Waals surface area contributed by atoms with Gasteiger partial charge in [-0.3, -0.25) is 5.11 Å². The smallest absolute Gasteiger partial charge is 0.189 e. The molecule has 1 radical (unpaired) electrons. The summed E-state index contributed by atoms with van der Waals surface area (Å²) in [7, 11) is 0.